The number of nitrogens with zero attached hydrogens (tertiary/aromatic N) is 2. The van der Waals surface area contributed by atoms with Crippen LogP contribution in [0.5, 0.6) is 11.5 Å². The highest BCUT2D eigenvalue weighted by Crippen LogP contribution is 2.31. The molecule has 0 bridgehead atoms. The van der Waals surface area contributed by atoms with Crippen molar-refractivity contribution in [2.75, 3.05) is 14.2 Å². The molecule has 10 nitrogen and oxygen atoms in total. The Balaban J connectivity index is 0.000000211. The number of hydrogen-bond acceptors (Lipinski definition) is 8. The minimum Gasteiger partial charge on any atom is -0.497 e. The SMILES string of the molecule is COc1ccccc1-c1cccc([N+](=O)[O-])c1.COc1ccccc1B(O)O.O=[N+]([O-])c1cccc(I)c1. The van der Waals surface area contributed by atoms with Gasteiger partial charge in [0.05, 0.1) is 24.1 Å². The van der Waals surface area contributed by atoms with Gasteiger partial charge in [-0.1, -0.05) is 54.6 Å². The van der Waals surface area contributed by atoms with Crippen molar-refractivity contribution < 1.29 is 29.4 Å². The Morgan fingerprint density at radius 2 is 1.24 bits per heavy atom. The zero-order valence-electron chi connectivity index (χ0n) is 20.4. The average molecular weight is 630 g/mol. The van der Waals surface area contributed by atoms with Gasteiger partial charge in [0.25, 0.3) is 11.4 Å². The molecule has 2 N–H and O–H groups in total. The van der Waals surface area contributed by atoms with E-state index in [1.54, 1.807) is 43.5 Å². The fraction of sp³-hybridized carbons (Fsp3) is 0.0769. The van der Waals surface area contributed by atoms with Crippen molar-refractivity contribution >= 4 is 46.5 Å². The molecule has 0 aromatic heterocycles. The van der Waals surface area contributed by atoms with E-state index >= 15 is 0 Å². The monoisotopic (exact) mass is 630 g/mol. The highest BCUT2D eigenvalue weighted by atomic mass is 127. The summed E-state index contributed by atoms with van der Waals surface area (Å²) in [5.41, 5.74) is 2.23. The van der Waals surface area contributed by atoms with E-state index in [-0.39, 0.29) is 11.4 Å². The second kappa shape index (κ2) is 15.3. The number of nitro groups is 2. The van der Waals surface area contributed by atoms with E-state index in [0.717, 1.165) is 14.7 Å². The number of para-hydroxylation sites is 2. The van der Waals surface area contributed by atoms with Crippen LogP contribution in [0.3, 0.4) is 0 Å². The van der Waals surface area contributed by atoms with Crippen molar-refractivity contribution in [3.05, 3.63) is 121 Å². The van der Waals surface area contributed by atoms with E-state index in [0.29, 0.717) is 17.0 Å². The largest absolute Gasteiger partial charge is 0.497 e. The van der Waals surface area contributed by atoms with Crippen molar-refractivity contribution in [1.82, 2.24) is 0 Å². The fourth-order valence-corrected chi connectivity index (χ4v) is 3.67. The van der Waals surface area contributed by atoms with Gasteiger partial charge in [-0.2, -0.15) is 0 Å². The van der Waals surface area contributed by atoms with E-state index in [1.807, 2.05) is 59.0 Å². The van der Waals surface area contributed by atoms with Gasteiger partial charge in [-0.25, -0.2) is 0 Å². The van der Waals surface area contributed by atoms with Gasteiger partial charge in [-0.05, 0) is 46.4 Å². The maximum atomic E-state index is 10.7. The lowest BCUT2D eigenvalue weighted by molar-refractivity contribution is -0.385. The molecule has 0 atom stereocenters. The third kappa shape index (κ3) is 9.14. The van der Waals surface area contributed by atoms with Crippen LogP contribution in [0.15, 0.2) is 97.1 Å². The second-order valence-electron chi connectivity index (χ2n) is 7.36. The van der Waals surface area contributed by atoms with Crippen LogP contribution in [-0.4, -0.2) is 41.2 Å². The van der Waals surface area contributed by atoms with Crippen LogP contribution in [-0.2, 0) is 0 Å². The van der Waals surface area contributed by atoms with Crippen LogP contribution in [0.1, 0.15) is 0 Å². The number of non-ortho nitro benzene ring substituents is 2. The number of benzene rings is 4. The van der Waals surface area contributed by atoms with Crippen LogP contribution in [0, 0.1) is 23.8 Å². The van der Waals surface area contributed by atoms with Gasteiger partial charge in [0.15, 0.2) is 0 Å². The van der Waals surface area contributed by atoms with Gasteiger partial charge < -0.3 is 19.5 Å². The van der Waals surface area contributed by atoms with Crippen LogP contribution >= 0.6 is 22.6 Å². The smallest absolute Gasteiger partial charge is 0.492 e. The fourth-order valence-electron chi connectivity index (χ4n) is 3.14. The van der Waals surface area contributed by atoms with Gasteiger partial charge in [0.2, 0.25) is 0 Å². The summed E-state index contributed by atoms with van der Waals surface area (Å²) in [5, 5.41) is 38.5. The molecule has 0 heterocycles. The van der Waals surface area contributed by atoms with E-state index in [1.165, 1.54) is 31.4 Å². The van der Waals surface area contributed by atoms with E-state index in [4.69, 9.17) is 19.5 Å². The first-order chi connectivity index (χ1) is 18.2. The Hall–Kier alpha value is -4.01. The predicted molar refractivity (Wildman–Crippen MR) is 154 cm³/mol. The molecule has 0 aliphatic heterocycles. The summed E-state index contributed by atoms with van der Waals surface area (Å²) in [6.45, 7) is 0. The van der Waals surface area contributed by atoms with Gasteiger partial charge in [-0.3, -0.25) is 20.2 Å². The Morgan fingerprint density at radius 1 is 0.711 bits per heavy atom. The minimum atomic E-state index is -1.47. The van der Waals surface area contributed by atoms with Crippen molar-refractivity contribution in [3.63, 3.8) is 0 Å². The second-order valence-corrected chi connectivity index (χ2v) is 8.61. The van der Waals surface area contributed by atoms with Gasteiger partial charge in [0.1, 0.15) is 11.5 Å². The number of halogens is 1. The standard InChI is InChI=1S/C13H11NO3.C7H9BO3.C6H4INO2/c1-17-13-8-3-2-7-12(13)10-5-4-6-11(9-10)14(15)16;1-11-7-5-3-2-4-6(7)8(9)10;7-5-2-1-3-6(4-5)8(9)10/h2-9H,1H3;2-5,9-10H,1H3;1-4H. The Morgan fingerprint density at radius 3 is 1.74 bits per heavy atom. The molecule has 12 heteroatoms. The summed E-state index contributed by atoms with van der Waals surface area (Å²) in [4.78, 5) is 20.1. The van der Waals surface area contributed by atoms with Crippen molar-refractivity contribution in [2.24, 2.45) is 0 Å². The van der Waals surface area contributed by atoms with Crippen molar-refractivity contribution in [2.45, 2.75) is 0 Å². The molecule has 0 radical (unpaired) electrons. The normalized spacial score (nSPS) is 9.61. The molecule has 0 aliphatic rings. The molecule has 196 valence electrons. The molecule has 0 saturated heterocycles. The topological polar surface area (TPSA) is 145 Å². The molecule has 4 aromatic carbocycles. The number of methoxy groups -OCH3 is 2. The molecule has 0 fully saturated rings. The maximum absolute atomic E-state index is 10.7. The van der Waals surface area contributed by atoms with Gasteiger partial charge >= 0.3 is 7.12 Å². The molecule has 0 spiro atoms. The molecule has 4 aromatic rings. The lowest BCUT2D eigenvalue weighted by Crippen LogP contribution is -2.30. The molecule has 38 heavy (non-hydrogen) atoms. The third-order valence-electron chi connectivity index (χ3n) is 4.91. The first kappa shape index (κ1) is 30.2. The Bertz CT molecular complexity index is 1370. The highest BCUT2D eigenvalue weighted by Gasteiger charge is 2.15. The molecular weight excluding hydrogens is 606 g/mol. The minimum absolute atomic E-state index is 0.0772. The summed E-state index contributed by atoms with van der Waals surface area (Å²) in [5.74, 6) is 1.19. The molecule has 0 unspecified atom stereocenters. The summed E-state index contributed by atoms with van der Waals surface area (Å²) in [6.07, 6.45) is 0. The summed E-state index contributed by atoms with van der Waals surface area (Å²) < 4.78 is 11.0. The van der Waals surface area contributed by atoms with E-state index in [2.05, 4.69) is 0 Å². The number of hydrogen-bond donors (Lipinski definition) is 2. The third-order valence-corrected chi connectivity index (χ3v) is 5.58. The van der Waals surface area contributed by atoms with Crippen LogP contribution in [0.2, 0.25) is 0 Å². The molecule has 0 saturated carbocycles. The van der Waals surface area contributed by atoms with Crippen molar-refractivity contribution in [3.8, 4) is 22.6 Å². The van der Waals surface area contributed by atoms with Gasteiger partial charge in [0, 0.05) is 38.9 Å². The lowest BCUT2D eigenvalue weighted by Gasteiger charge is -2.07. The molecule has 0 aliphatic carbocycles. The summed E-state index contributed by atoms with van der Waals surface area (Å²) in [6, 6.07) is 27.2. The predicted octanol–water partition coefficient (Wildman–Crippen LogP) is 4.84. The molecule has 4 rings (SSSR count). The summed E-state index contributed by atoms with van der Waals surface area (Å²) in [7, 11) is 1.60. The average Bonchev–Trinajstić information content (AvgIpc) is 2.93. The van der Waals surface area contributed by atoms with E-state index < -0.39 is 17.0 Å². The summed E-state index contributed by atoms with van der Waals surface area (Å²) >= 11 is 2.03. The quantitative estimate of drug-likeness (QED) is 0.133. The first-order valence-electron chi connectivity index (χ1n) is 10.9. The number of nitro benzene ring substituents is 2. The van der Waals surface area contributed by atoms with E-state index in [9.17, 15) is 20.2 Å². The molecular formula is C26H24BIN2O8. The Kier molecular flexibility index (Phi) is 12.2. The Labute approximate surface area is 233 Å². The highest BCUT2D eigenvalue weighted by molar-refractivity contribution is 14.1. The van der Waals surface area contributed by atoms with Crippen LogP contribution in [0.4, 0.5) is 11.4 Å². The van der Waals surface area contributed by atoms with Gasteiger partial charge in [-0.15, -0.1) is 0 Å². The molecule has 0 amide bonds. The first-order valence-corrected chi connectivity index (χ1v) is 12.0. The lowest BCUT2D eigenvalue weighted by atomic mass is 9.80. The zero-order chi connectivity index (χ0) is 28.1. The van der Waals surface area contributed by atoms with Crippen LogP contribution < -0.4 is 14.9 Å². The number of rotatable bonds is 6. The zero-order valence-corrected chi connectivity index (χ0v) is 22.6. The maximum Gasteiger partial charge on any atom is 0.492 e. The van der Waals surface area contributed by atoms with Crippen molar-refractivity contribution in [1.29, 1.82) is 0 Å². The van der Waals surface area contributed by atoms with Crippen LogP contribution in [0.25, 0.3) is 11.1 Å². The number of ether oxygens (including phenoxy) is 2.